The molecular formula is C18H8BrCl4NO2. The number of hydrogen-bond donors (Lipinski definition) is 0. The third-order valence-corrected chi connectivity index (χ3v) is 5.70. The molecule has 3 nitrogen and oxygen atoms in total. The van der Waals surface area contributed by atoms with Crippen molar-refractivity contribution in [3.05, 3.63) is 83.2 Å². The summed E-state index contributed by atoms with van der Waals surface area (Å²) in [4.78, 5) is 11.2. The maximum atomic E-state index is 11.7. The lowest BCUT2D eigenvalue weighted by atomic mass is 9.98. The van der Waals surface area contributed by atoms with Crippen LogP contribution in [0.5, 0.6) is 0 Å². The van der Waals surface area contributed by atoms with Crippen LogP contribution in [0.4, 0.5) is 5.69 Å². The minimum absolute atomic E-state index is 0.0179. The summed E-state index contributed by atoms with van der Waals surface area (Å²) in [5, 5.41) is 12.6. The minimum Gasteiger partial charge on any atom is -0.258 e. The first-order valence-corrected chi connectivity index (χ1v) is 9.48. The van der Waals surface area contributed by atoms with Crippen molar-refractivity contribution < 1.29 is 4.92 Å². The molecule has 0 bridgehead atoms. The molecule has 0 aliphatic rings. The summed E-state index contributed by atoms with van der Waals surface area (Å²) in [5.74, 6) is 0. The summed E-state index contributed by atoms with van der Waals surface area (Å²) in [6.07, 6.45) is 0. The molecule has 8 heteroatoms. The van der Waals surface area contributed by atoms with Gasteiger partial charge in [-0.25, -0.2) is 0 Å². The fourth-order valence-corrected chi connectivity index (χ4v) is 3.79. The number of hydrogen-bond acceptors (Lipinski definition) is 2. The van der Waals surface area contributed by atoms with Crippen LogP contribution in [0.25, 0.3) is 22.3 Å². The van der Waals surface area contributed by atoms with Crippen LogP contribution in [0.3, 0.4) is 0 Å². The topological polar surface area (TPSA) is 43.1 Å². The fourth-order valence-electron chi connectivity index (χ4n) is 2.54. The standard InChI is InChI=1S/C18H8BrCl4NO2/c19-10-3-1-9(2-4-10)11-5-6-12(17(23)18(11)24(25)26)13-7-15(21)16(22)8-14(13)20/h1-8H. The van der Waals surface area contributed by atoms with Crippen molar-refractivity contribution in [3.8, 4) is 22.3 Å². The van der Waals surface area contributed by atoms with E-state index in [0.717, 1.165) is 4.47 Å². The first kappa shape index (κ1) is 19.5. The van der Waals surface area contributed by atoms with Gasteiger partial charge in [-0.2, -0.15) is 0 Å². The van der Waals surface area contributed by atoms with Crippen molar-refractivity contribution >= 4 is 68.0 Å². The van der Waals surface area contributed by atoms with Gasteiger partial charge in [0.1, 0.15) is 5.02 Å². The molecule has 0 amide bonds. The summed E-state index contributed by atoms with van der Waals surface area (Å²) >= 11 is 28.0. The Morgan fingerprint density at radius 3 is 1.96 bits per heavy atom. The van der Waals surface area contributed by atoms with Gasteiger partial charge in [0.25, 0.3) is 5.69 Å². The van der Waals surface area contributed by atoms with E-state index < -0.39 is 4.92 Å². The predicted octanol–water partition coefficient (Wildman–Crippen LogP) is 8.30. The van der Waals surface area contributed by atoms with E-state index in [1.165, 1.54) is 12.1 Å². The first-order valence-electron chi connectivity index (χ1n) is 7.17. The Hall–Kier alpha value is -1.30. The number of rotatable bonds is 3. The van der Waals surface area contributed by atoms with Gasteiger partial charge in [-0.05, 0) is 35.9 Å². The van der Waals surface area contributed by atoms with Gasteiger partial charge in [-0.3, -0.25) is 10.1 Å². The summed E-state index contributed by atoms with van der Waals surface area (Å²) in [6, 6.07) is 13.5. The normalized spacial score (nSPS) is 10.8. The molecule has 0 N–H and O–H groups in total. The quantitative estimate of drug-likeness (QED) is 0.210. The Morgan fingerprint density at radius 2 is 1.35 bits per heavy atom. The molecule has 0 saturated carbocycles. The van der Waals surface area contributed by atoms with Gasteiger partial charge in [0.2, 0.25) is 0 Å². The summed E-state index contributed by atoms with van der Waals surface area (Å²) in [7, 11) is 0. The van der Waals surface area contributed by atoms with Gasteiger partial charge in [-0.1, -0.05) is 80.5 Å². The third kappa shape index (κ3) is 3.71. The van der Waals surface area contributed by atoms with Crippen LogP contribution in [0, 0.1) is 10.1 Å². The molecule has 0 unspecified atom stereocenters. The molecule has 0 spiro atoms. The monoisotopic (exact) mass is 489 g/mol. The average molecular weight is 492 g/mol. The van der Waals surface area contributed by atoms with Crippen molar-refractivity contribution in [2.45, 2.75) is 0 Å². The molecule has 0 radical (unpaired) electrons. The Morgan fingerprint density at radius 1 is 0.769 bits per heavy atom. The Kier molecular flexibility index (Phi) is 5.80. The zero-order chi connectivity index (χ0) is 19.0. The smallest absolute Gasteiger partial charge is 0.258 e. The van der Waals surface area contributed by atoms with Crippen LogP contribution in [-0.4, -0.2) is 4.92 Å². The van der Waals surface area contributed by atoms with Crippen LogP contribution >= 0.6 is 62.3 Å². The first-order chi connectivity index (χ1) is 12.3. The maximum absolute atomic E-state index is 11.7. The molecule has 3 aromatic rings. The van der Waals surface area contributed by atoms with Gasteiger partial charge in [-0.15, -0.1) is 0 Å². The van der Waals surface area contributed by atoms with Crippen LogP contribution in [0.1, 0.15) is 0 Å². The highest BCUT2D eigenvalue weighted by Gasteiger charge is 2.24. The van der Waals surface area contributed by atoms with Crippen LogP contribution in [0.15, 0.2) is 53.0 Å². The van der Waals surface area contributed by atoms with Crippen LogP contribution in [0.2, 0.25) is 20.1 Å². The van der Waals surface area contributed by atoms with E-state index in [2.05, 4.69) is 15.9 Å². The highest BCUT2D eigenvalue weighted by Crippen LogP contribution is 2.45. The molecule has 0 fully saturated rings. The molecule has 3 rings (SSSR count). The lowest BCUT2D eigenvalue weighted by Crippen LogP contribution is -1.96. The Bertz CT molecular complexity index is 1020. The van der Waals surface area contributed by atoms with E-state index in [4.69, 9.17) is 46.4 Å². The molecule has 3 aromatic carbocycles. The lowest BCUT2D eigenvalue weighted by Gasteiger charge is -2.12. The lowest BCUT2D eigenvalue weighted by molar-refractivity contribution is -0.384. The van der Waals surface area contributed by atoms with Gasteiger partial charge in [0.15, 0.2) is 0 Å². The SMILES string of the molecule is O=[N+]([O-])c1c(-c2ccc(Br)cc2)ccc(-c2cc(Cl)c(Cl)cc2Cl)c1Cl. The summed E-state index contributed by atoms with van der Waals surface area (Å²) in [5.41, 5.74) is 1.76. The van der Waals surface area contributed by atoms with Gasteiger partial charge in [0, 0.05) is 15.6 Å². The number of nitro groups is 1. The Labute approximate surface area is 177 Å². The molecule has 0 aromatic heterocycles. The van der Waals surface area contributed by atoms with Crippen LogP contribution in [-0.2, 0) is 0 Å². The summed E-state index contributed by atoms with van der Waals surface area (Å²) in [6.45, 7) is 0. The molecule has 0 aliphatic carbocycles. The highest BCUT2D eigenvalue weighted by molar-refractivity contribution is 9.10. The zero-order valence-corrected chi connectivity index (χ0v) is 17.4. The average Bonchev–Trinajstić information content (AvgIpc) is 2.58. The van der Waals surface area contributed by atoms with E-state index in [-0.39, 0.29) is 20.8 Å². The van der Waals surface area contributed by atoms with E-state index in [1.54, 1.807) is 36.4 Å². The van der Waals surface area contributed by atoms with Crippen molar-refractivity contribution in [1.82, 2.24) is 0 Å². The molecule has 132 valence electrons. The minimum atomic E-state index is -0.505. The predicted molar refractivity (Wildman–Crippen MR) is 112 cm³/mol. The van der Waals surface area contributed by atoms with Gasteiger partial charge in [0.05, 0.1) is 25.6 Å². The number of benzene rings is 3. The third-order valence-electron chi connectivity index (χ3n) is 3.75. The van der Waals surface area contributed by atoms with E-state index in [0.29, 0.717) is 27.3 Å². The van der Waals surface area contributed by atoms with E-state index in [9.17, 15) is 10.1 Å². The molecule has 26 heavy (non-hydrogen) atoms. The second kappa shape index (κ2) is 7.75. The maximum Gasteiger partial charge on any atom is 0.296 e. The summed E-state index contributed by atoms with van der Waals surface area (Å²) < 4.78 is 0.870. The molecule has 0 saturated heterocycles. The van der Waals surface area contributed by atoms with Crippen molar-refractivity contribution in [1.29, 1.82) is 0 Å². The fraction of sp³-hybridized carbons (Fsp3) is 0. The van der Waals surface area contributed by atoms with E-state index in [1.807, 2.05) is 0 Å². The molecule has 0 atom stereocenters. The van der Waals surface area contributed by atoms with Gasteiger partial charge < -0.3 is 0 Å². The van der Waals surface area contributed by atoms with Crippen molar-refractivity contribution in [2.75, 3.05) is 0 Å². The highest BCUT2D eigenvalue weighted by atomic mass is 79.9. The molecule has 0 heterocycles. The van der Waals surface area contributed by atoms with Gasteiger partial charge >= 0.3 is 0 Å². The number of halogens is 5. The zero-order valence-electron chi connectivity index (χ0n) is 12.8. The van der Waals surface area contributed by atoms with Crippen molar-refractivity contribution in [3.63, 3.8) is 0 Å². The second-order valence-electron chi connectivity index (χ2n) is 5.33. The number of nitrogens with zero attached hydrogens (tertiary/aromatic N) is 1. The van der Waals surface area contributed by atoms with Crippen molar-refractivity contribution in [2.24, 2.45) is 0 Å². The molecule has 0 aliphatic heterocycles. The largest absolute Gasteiger partial charge is 0.296 e. The second-order valence-corrected chi connectivity index (χ2v) is 7.85. The molecular weight excluding hydrogens is 484 g/mol. The van der Waals surface area contributed by atoms with Crippen LogP contribution < -0.4 is 0 Å². The van der Waals surface area contributed by atoms with E-state index >= 15 is 0 Å². The Balaban J connectivity index is 2.25. The number of nitro benzene ring substituents is 1.